The van der Waals surface area contributed by atoms with Gasteiger partial charge in [-0.2, -0.15) is 0 Å². The zero-order valence-corrected chi connectivity index (χ0v) is 22.0. The average molecular weight is 553 g/mol. The third kappa shape index (κ3) is 5.81. The van der Waals surface area contributed by atoms with E-state index in [0.29, 0.717) is 22.0 Å². The molecule has 0 bridgehead atoms. The molecule has 0 aliphatic carbocycles. The molecule has 38 heavy (non-hydrogen) atoms. The number of amides is 2. The fraction of sp³-hybridized carbons (Fsp3) is 0.222. The van der Waals surface area contributed by atoms with Gasteiger partial charge in [0.05, 0.1) is 36.2 Å². The number of β-amino-alcohol motifs (C(OH)–C–C–N with tert-alkyl or cyclic N) is 1. The van der Waals surface area contributed by atoms with E-state index in [1.807, 2.05) is 0 Å². The first-order valence-electron chi connectivity index (χ1n) is 11.7. The van der Waals surface area contributed by atoms with E-state index in [4.69, 9.17) is 18.2 Å². The van der Waals surface area contributed by atoms with Gasteiger partial charge in [0, 0.05) is 17.3 Å². The molecule has 1 atom stereocenters. The number of sulfonamides is 1. The lowest BCUT2D eigenvalue weighted by molar-refractivity contribution is -0.120. The van der Waals surface area contributed by atoms with Gasteiger partial charge in [0.2, 0.25) is 11.8 Å². The van der Waals surface area contributed by atoms with Gasteiger partial charge in [-0.1, -0.05) is 54.1 Å². The minimum Gasteiger partial charge on any atom is -0.391 e. The van der Waals surface area contributed by atoms with Crippen molar-refractivity contribution >= 4 is 50.5 Å². The molecule has 3 aromatic carbocycles. The fourth-order valence-electron chi connectivity index (χ4n) is 4.10. The summed E-state index contributed by atoms with van der Waals surface area (Å²) in [5.41, 5.74) is 2.46. The molecule has 1 aliphatic rings. The van der Waals surface area contributed by atoms with E-state index in [9.17, 15) is 23.1 Å². The van der Waals surface area contributed by atoms with Crippen LogP contribution >= 0.6 is 11.6 Å². The van der Waals surface area contributed by atoms with Crippen molar-refractivity contribution in [3.8, 4) is 0 Å². The first-order valence-corrected chi connectivity index (χ1v) is 13.5. The van der Waals surface area contributed by atoms with Crippen LogP contribution < -0.4 is 14.5 Å². The van der Waals surface area contributed by atoms with E-state index >= 15 is 0 Å². The molecular formula is C27H25ClN4O5S. The molecule has 0 spiro atoms. The molecule has 1 aliphatic heterocycles. The smallest absolute Gasteiger partial charge is 0.264 e. The van der Waals surface area contributed by atoms with Crippen LogP contribution in [0.3, 0.4) is 0 Å². The maximum atomic E-state index is 13.6. The Morgan fingerprint density at radius 1 is 1.16 bits per heavy atom. The van der Waals surface area contributed by atoms with Crippen molar-refractivity contribution < 1.29 is 23.1 Å². The summed E-state index contributed by atoms with van der Waals surface area (Å²) in [4.78, 5) is 29.7. The van der Waals surface area contributed by atoms with E-state index in [1.165, 1.54) is 29.2 Å². The molecule has 3 aromatic rings. The minimum absolute atomic E-state index is 0.0609. The normalized spacial score (nSPS) is 15.3. The largest absolute Gasteiger partial charge is 0.391 e. The molecule has 1 heterocycles. The van der Waals surface area contributed by atoms with Crippen LogP contribution in [-0.2, 0) is 26.2 Å². The van der Waals surface area contributed by atoms with Crippen LogP contribution in [0.1, 0.15) is 17.5 Å². The summed E-state index contributed by atoms with van der Waals surface area (Å²) in [6.07, 6.45) is -0.595. The molecule has 1 unspecified atom stereocenters. The number of halogens is 1. The van der Waals surface area contributed by atoms with Crippen LogP contribution in [0.25, 0.3) is 4.85 Å². The molecule has 9 nitrogen and oxygen atoms in total. The maximum absolute atomic E-state index is 13.6. The monoisotopic (exact) mass is 552 g/mol. The summed E-state index contributed by atoms with van der Waals surface area (Å²) in [7, 11) is -4.17. The van der Waals surface area contributed by atoms with Gasteiger partial charge in [0.25, 0.3) is 10.0 Å². The molecule has 196 valence electrons. The Balaban J connectivity index is 1.52. The van der Waals surface area contributed by atoms with Gasteiger partial charge in [-0.25, -0.2) is 13.3 Å². The summed E-state index contributed by atoms with van der Waals surface area (Å²) >= 11 is 6.25. The number of anilines is 2. The zero-order chi connectivity index (χ0) is 27.4. The molecule has 4 rings (SSSR count). The van der Waals surface area contributed by atoms with Crippen LogP contribution in [0, 0.1) is 13.5 Å². The Morgan fingerprint density at radius 2 is 1.84 bits per heavy atom. The molecule has 1 fully saturated rings. The van der Waals surface area contributed by atoms with Crippen molar-refractivity contribution in [3.63, 3.8) is 0 Å². The topological polar surface area (TPSA) is 111 Å². The number of aliphatic hydroxyl groups excluding tert-OH is 1. The predicted molar refractivity (Wildman–Crippen MR) is 145 cm³/mol. The van der Waals surface area contributed by atoms with E-state index < -0.39 is 28.6 Å². The van der Waals surface area contributed by atoms with Crippen molar-refractivity contribution in [1.82, 2.24) is 5.32 Å². The number of aliphatic hydroxyl groups is 1. The van der Waals surface area contributed by atoms with Gasteiger partial charge in [-0.05, 0) is 42.3 Å². The van der Waals surface area contributed by atoms with E-state index in [-0.39, 0.29) is 36.0 Å². The average Bonchev–Trinajstić information content (AvgIpc) is 3.25. The Bertz CT molecular complexity index is 1500. The lowest BCUT2D eigenvalue weighted by Crippen LogP contribution is -2.41. The summed E-state index contributed by atoms with van der Waals surface area (Å²) in [6.45, 7) is 8.65. The summed E-state index contributed by atoms with van der Waals surface area (Å²) in [5.74, 6) is -0.687. The van der Waals surface area contributed by atoms with E-state index in [1.54, 1.807) is 49.4 Å². The highest BCUT2D eigenvalue weighted by Gasteiger charge is 2.30. The van der Waals surface area contributed by atoms with Gasteiger partial charge in [-0.3, -0.25) is 13.9 Å². The lowest BCUT2D eigenvalue weighted by atomic mass is 10.2. The highest BCUT2D eigenvalue weighted by molar-refractivity contribution is 7.92. The van der Waals surface area contributed by atoms with Crippen LogP contribution in [0.2, 0.25) is 5.02 Å². The molecule has 0 aromatic heterocycles. The van der Waals surface area contributed by atoms with Gasteiger partial charge in [0.1, 0.15) is 6.54 Å². The Morgan fingerprint density at radius 3 is 2.45 bits per heavy atom. The van der Waals surface area contributed by atoms with Crippen LogP contribution in [0.15, 0.2) is 71.6 Å². The predicted octanol–water partition coefficient (Wildman–Crippen LogP) is 3.81. The number of carbonyl (C=O) groups is 2. The van der Waals surface area contributed by atoms with Crippen molar-refractivity contribution in [2.75, 3.05) is 22.3 Å². The number of nitrogens with one attached hydrogen (secondary N) is 1. The fourth-order valence-corrected chi connectivity index (χ4v) is 5.75. The van der Waals surface area contributed by atoms with Crippen molar-refractivity contribution in [1.29, 1.82) is 0 Å². The Kier molecular flexibility index (Phi) is 8.02. The highest BCUT2D eigenvalue weighted by Crippen LogP contribution is 2.31. The molecular weight excluding hydrogens is 528 g/mol. The number of nitrogens with zero attached hydrogens (tertiary/aromatic N) is 3. The Labute approximate surface area is 226 Å². The number of rotatable bonds is 8. The summed E-state index contributed by atoms with van der Waals surface area (Å²) < 4.78 is 28.2. The standard InChI is InChI=1S/C27H25ClN4O5S/c1-18-24(28)4-3-5-25(18)32(38(36,37)23-12-8-20(29-2)9-13-23)17-26(34)30-15-19-6-10-21(11-7-19)31-16-22(33)14-27(31)35/h3-13,22,33H,14-17H2,1H3,(H,30,34). The van der Waals surface area contributed by atoms with Crippen LogP contribution in [0.4, 0.5) is 17.1 Å². The zero-order valence-electron chi connectivity index (χ0n) is 20.5. The second-order valence-electron chi connectivity index (χ2n) is 8.81. The van der Waals surface area contributed by atoms with E-state index in [2.05, 4.69) is 10.2 Å². The quantitative estimate of drug-likeness (QED) is 0.413. The number of hydrogen-bond acceptors (Lipinski definition) is 5. The molecule has 1 saturated heterocycles. The summed E-state index contributed by atoms with van der Waals surface area (Å²) in [5, 5.41) is 12.8. The molecule has 11 heteroatoms. The second kappa shape index (κ2) is 11.2. The van der Waals surface area contributed by atoms with Gasteiger partial charge >= 0.3 is 0 Å². The number of hydrogen-bond donors (Lipinski definition) is 2. The van der Waals surface area contributed by atoms with E-state index in [0.717, 1.165) is 9.87 Å². The number of carbonyl (C=O) groups excluding carboxylic acids is 2. The van der Waals surface area contributed by atoms with Crippen molar-refractivity contribution in [2.45, 2.75) is 30.9 Å². The lowest BCUT2D eigenvalue weighted by Gasteiger charge is -2.26. The van der Waals surface area contributed by atoms with Crippen LogP contribution in [0.5, 0.6) is 0 Å². The Hall–Kier alpha value is -3.91. The maximum Gasteiger partial charge on any atom is 0.264 e. The molecule has 0 saturated carbocycles. The van der Waals surface area contributed by atoms with Gasteiger partial charge < -0.3 is 15.3 Å². The van der Waals surface area contributed by atoms with Crippen molar-refractivity contribution in [2.24, 2.45) is 0 Å². The van der Waals surface area contributed by atoms with Gasteiger partial charge in [-0.15, -0.1) is 0 Å². The molecule has 2 amide bonds. The second-order valence-corrected chi connectivity index (χ2v) is 11.1. The molecule has 0 radical (unpaired) electrons. The first kappa shape index (κ1) is 27.1. The SMILES string of the molecule is [C-]#[N+]c1ccc(S(=O)(=O)N(CC(=O)NCc2ccc(N3CC(O)CC3=O)cc2)c2cccc(Cl)c2C)cc1. The third-order valence-corrected chi connectivity index (χ3v) is 8.37. The third-order valence-electron chi connectivity index (χ3n) is 6.19. The minimum atomic E-state index is -4.17. The molecule has 2 N–H and O–H groups in total. The van der Waals surface area contributed by atoms with Crippen molar-refractivity contribution in [3.05, 3.63) is 94.3 Å². The number of benzene rings is 3. The first-order chi connectivity index (χ1) is 18.1. The summed E-state index contributed by atoms with van der Waals surface area (Å²) in [6, 6.07) is 17.3. The van der Waals surface area contributed by atoms with Gasteiger partial charge in [0.15, 0.2) is 5.69 Å². The van der Waals surface area contributed by atoms with Crippen LogP contribution in [-0.4, -0.2) is 44.5 Å². The highest BCUT2D eigenvalue weighted by atomic mass is 35.5.